The molecule has 0 saturated carbocycles. The van der Waals surface area contributed by atoms with Gasteiger partial charge in [-0.2, -0.15) is 0 Å². The lowest BCUT2D eigenvalue weighted by Gasteiger charge is -2.28. The van der Waals surface area contributed by atoms with Gasteiger partial charge < -0.3 is 9.47 Å². The van der Waals surface area contributed by atoms with Crippen molar-refractivity contribution in [3.8, 4) is 5.75 Å². The average Bonchev–Trinajstić information content (AvgIpc) is 2.79. The highest BCUT2D eigenvalue weighted by Gasteiger charge is 2.34. The van der Waals surface area contributed by atoms with Crippen LogP contribution in [0.1, 0.15) is 17.2 Å². The third-order valence-corrected chi connectivity index (χ3v) is 5.13. The van der Waals surface area contributed by atoms with Gasteiger partial charge in [0.15, 0.2) is 0 Å². The van der Waals surface area contributed by atoms with Gasteiger partial charge in [0, 0.05) is 16.2 Å². The molecule has 0 aromatic heterocycles. The van der Waals surface area contributed by atoms with Gasteiger partial charge in [-0.3, -0.25) is 4.90 Å². The van der Waals surface area contributed by atoms with E-state index in [0.29, 0.717) is 11.3 Å². The van der Waals surface area contributed by atoms with Gasteiger partial charge in [-0.25, -0.2) is 13.2 Å². The molecular formula is C18H18ClNO5S. The molecule has 0 saturated heterocycles. The Kier molecular flexibility index (Phi) is 5.68. The smallest absolute Gasteiger partial charge is 0.410 e. The molecule has 1 unspecified atom stereocenters. The van der Waals surface area contributed by atoms with Crippen molar-refractivity contribution in [1.82, 2.24) is 4.90 Å². The minimum Gasteiger partial charge on any atom is -0.491 e. The molecule has 3 rings (SSSR count). The third-order valence-electron chi connectivity index (χ3n) is 4.04. The van der Waals surface area contributed by atoms with Crippen molar-refractivity contribution >= 4 is 25.8 Å². The first-order chi connectivity index (χ1) is 12.4. The summed E-state index contributed by atoms with van der Waals surface area (Å²) >= 11 is 0. The van der Waals surface area contributed by atoms with E-state index in [1.54, 1.807) is 24.3 Å². The molecule has 0 aliphatic carbocycles. The van der Waals surface area contributed by atoms with Crippen molar-refractivity contribution < 1.29 is 22.7 Å². The van der Waals surface area contributed by atoms with Crippen molar-refractivity contribution in [2.24, 2.45) is 0 Å². The van der Waals surface area contributed by atoms with E-state index in [9.17, 15) is 13.2 Å². The van der Waals surface area contributed by atoms with E-state index in [2.05, 4.69) is 0 Å². The number of halogens is 1. The van der Waals surface area contributed by atoms with Crippen LogP contribution in [0.4, 0.5) is 4.79 Å². The van der Waals surface area contributed by atoms with Crippen molar-refractivity contribution in [3.63, 3.8) is 0 Å². The van der Waals surface area contributed by atoms with Gasteiger partial charge >= 0.3 is 6.09 Å². The molecule has 2 aromatic carbocycles. The van der Waals surface area contributed by atoms with Gasteiger partial charge in [0.05, 0.1) is 18.3 Å². The molecule has 2 aromatic rings. The Labute approximate surface area is 156 Å². The van der Waals surface area contributed by atoms with Gasteiger partial charge in [0.1, 0.15) is 19.0 Å². The highest BCUT2D eigenvalue weighted by Crippen LogP contribution is 2.34. The normalized spacial score (nSPS) is 17.0. The quantitative estimate of drug-likeness (QED) is 0.742. The molecule has 8 heteroatoms. The van der Waals surface area contributed by atoms with Crippen LogP contribution in [0.25, 0.3) is 0 Å². The zero-order chi connectivity index (χ0) is 18.6. The Morgan fingerprint density at radius 1 is 1.15 bits per heavy atom. The monoisotopic (exact) mass is 395 g/mol. The molecular weight excluding hydrogens is 378 g/mol. The molecule has 26 heavy (non-hydrogen) atoms. The number of fused-ring (bicyclic) bond motifs is 1. The molecule has 1 amide bonds. The predicted molar refractivity (Wildman–Crippen MR) is 97.7 cm³/mol. The van der Waals surface area contributed by atoms with Crippen LogP contribution < -0.4 is 4.74 Å². The largest absolute Gasteiger partial charge is 0.491 e. The summed E-state index contributed by atoms with van der Waals surface area (Å²) in [7, 11) is 1.63. The second-order valence-electron chi connectivity index (χ2n) is 5.84. The molecule has 1 heterocycles. The summed E-state index contributed by atoms with van der Waals surface area (Å²) in [5.74, 6) is 0.117. The summed E-state index contributed by atoms with van der Waals surface area (Å²) in [5.41, 5.74) is 1.43. The van der Waals surface area contributed by atoms with Crippen LogP contribution in [0.5, 0.6) is 5.75 Å². The highest BCUT2D eigenvalue weighted by atomic mass is 35.7. The van der Waals surface area contributed by atoms with Gasteiger partial charge in [-0.1, -0.05) is 48.5 Å². The molecule has 0 spiro atoms. The van der Waals surface area contributed by atoms with Gasteiger partial charge in [0.25, 0.3) is 0 Å². The Hall–Kier alpha value is -2.25. The summed E-state index contributed by atoms with van der Waals surface area (Å²) in [5, 5.41) is 0. The molecule has 1 aliphatic heterocycles. The Morgan fingerprint density at radius 2 is 1.85 bits per heavy atom. The summed E-state index contributed by atoms with van der Waals surface area (Å²) in [6, 6.07) is 15.5. The topological polar surface area (TPSA) is 72.9 Å². The van der Waals surface area contributed by atoms with Crippen molar-refractivity contribution in [1.29, 1.82) is 0 Å². The van der Waals surface area contributed by atoms with E-state index in [1.807, 2.05) is 30.3 Å². The van der Waals surface area contributed by atoms with E-state index in [4.69, 9.17) is 20.2 Å². The number of nitrogens with zero attached hydrogens (tertiary/aromatic N) is 1. The van der Waals surface area contributed by atoms with Crippen molar-refractivity contribution in [2.45, 2.75) is 12.6 Å². The molecule has 1 aliphatic rings. The summed E-state index contributed by atoms with van der Waals surface area (Å²) in [6.07, 6.45) is -0.612. The fourth-order valence-corrected chi connectivity index (χ4v) is 3.95. The number of para-hydroxylation sites is 1. The number of carbonyl (C=O) groups is 1. The van der Waals surface area contributed by atoms with Crippen LogP contribution in [0.3, 0.4) is 0 Å². The summed E-state index contributed by atoms with van der Waals surface area (Å²) < 4.78 is 34.5. The summed E-state index contributed by atoms with van der Waals surface area (Å²) in [6.45, 7) is 0.523. The van der Waals surface area contributed by atoms with E-state index in [1.165, 1.54) is 4.90 Å². The first-order valence-electron chi connectivity index (χ1n) is 8.05. The highest BCUT2D eigenvalue weighted by molar-refractivity contribution is 8.13. The average molecular weight is 396 g/mol. The van der Waals surface area contributed by atoms with Gasteiger partial charge in [-0.05, 0) is 11.6 Å². The van der Waals surface area contributed by atoms with Crippen LogP contribution in [0, 0.1) is 0 Å². The maximum atomic E-state index is 12.6. The Balaban J connectivity index is 1.84. The molecule has 0 N–H and O–H groups in total. The van der Waals surface area contributed by atoms with Crippen molar-refractivity contribution in [3.05, 3.63) is 65.7 Å². The van der Waals surface area contributed by atoms with E-state index in [0.717, 1.165) is 5.56 Å². The lowest BCUT2D eigenvalue weighted by molar-refractivity contribution is 0.0816. The number of hydrogen-bond donors (Lipinski definition) is 0. The number of carbonyl (C=O) groups excluding carboxylic acids is 1. The number of benzene rings is 2. The molecule has 0 bridgehead atoms. The minimum atomic E-state index is -3.85. The van der Waals surface area contributed by atoms with E-state index < -0.39 is 26.9 Å². The van der Waals surface area contributed by atoms with Crippen LogP contribution >= 0.6 is 10.7 Å². The Morgan fingerprint density at radius 3 is 2.58 bits per heavy atom. The number of ether oxygens (including phenoxy) is 2. The Bertz CT molecular complexity index is 872. The zero-order valence-electron chi connectivity index (χ0n) is 13.9. The van der Waals surface area contributed by atoms with Crippen LogP contribution in [-0.2, 0) is 20.4 Å². The number of hydrogen-bond acceptors (Lipinski definition) is 5. The van der Waals surface area contributed by atoms with Gasteiger partial charge in [0.2, 0.25) is 9.05 Å². The first kappa shape index (κ1) is 18.5. The second kappa shape index (κ2) is 7.97. The number of rotatable bonds is 4. The lowest BCUT2D eigenvalue weighted by atomic mass is 10.1. The number of amides is 1. The minimum absolute atomic E-state index is 0.0963. The van der Waals surface area contributed by atoms with Crippen molar-refractivity contribution in [2.75, 3.05) is 18.9 Å². The third kappa shape index (κ3) is 4.68. The maximum absolute atomic E-state index is 12.6. The fraction of sp³-hybridized carbons (Fsp3) is 0.278. The van der Waals surface area contributed by atoms with Crippen LogP contribution in [-0.4, -0.2) is 38.3 Å². The molecule has 138 valence electrons. The zero-order valence-corrected chi connectivity index (χ0v) is 15.4. The van der Waals surface area contributed by atoms with Gasteiger partial charge in [-0.15, -0.1) is 0 Å². The van der Waals surface area contributed by atoms with Crippen LogP contribution in [0.15, 0.2) is 54.6 Å². The second-order valence-corrected chi connectivity index (χ2v) is 8.66. The molecule has 0 fully saturated rings. The molecule has 1 atom stereocenters. The van der Waals surface area contributed by atoms with E-state index >= 15 is 0 Å². The SMILES string of the molecule is O=C(OCc1ccccc1)N1CCOc2ccccc2C1CS(=O)(=O)Cl. The standard InChI is InChI=1S/C18H18ClNO5S/c19-26(22,23)13-16-15-8-4-5-9-17(15)24-11-10-20(16)18(21)25-12-14-6-2-1-3-7-14/h1-9,16H,10-13H2. The fourth-order valence-electron chi connectivity index (χ4n) is 2.85. The first-order valence-corrected chi connectivity index (χ1v) is 10.5. The predicted octanol–water partition coefficient (Wildman–Crippen LogP) is 3.33. The summed E-state index contributed by atoms with van der Waals surface area (Å²) in [4.78, 5) is 14.0. The molecule has 6 nitrogen and oxygen atoms in total. The van der Waals surface area contributed by atoms with Crippen LogP contribution in [0.2, 0.25) is 0 Å². The van der Waals surface area contributed by atoms with E-state index in [-0.39, 0.29) is 19.8 Å². The molecule has 0 radical (unpaired) electrons. The lowest BCUT2D eigenvalue weighted by Crippen LogP contribution is -2.39. The maximum Gasteiger partial charge on any atom is 0.410 e.